The first kappa shape index (κ1) is 14.5. The molecule has 0 aliphatic heterocycles. The van der Waals surface area contributed by atoms with Crippen LogP contribution in [0.2, 0.25) is 0 Å². The molecule has 0 fully saturated rings. The number of ether oxygens (including phenoxy) is 1. The van der Waals surface area contributed by atoms with Gasteiger partial charge in [0.2, 0.25) is 0 Å². The summed E-state index contributed by atoms with van der Waals surface area (Å²) in [6, 6.07) is 8.60. The maximum atomic E-state index is 5.86. The van der Waals surface area contributed by atoms with E-state index in [2.05, 4.69) is 43.4 Å². The summed E-state index contributed by atoms with van der Waals surface area (Å²) >= 11 is 1.87. The number of hydrogen-bond donors (Lipinski definition) is 1. The number of hydrogen-bond acceptors (Lipinski definition) is 3. The summed E-state index contributed by atoms with van der Waals surface area (Å²) in [5.74, 6) is 0.705. The van der Waals surface area contributed by atoms with Crippen LogP contribution in [-0.4, -0.2) is 13.7 Å². The molecule has 1 aromatic carbocycles. The summed E-state index contributed by atoms with van der Waals surface area (Å²) in [6.45, 7) is 6.96. The second kappa shape index (κ2) is 7.04. The van der Waals surface area contributed by atoms with Crippen molar-refractivity contribution in [1.29, 1.82) is 0 Å². The molecule has 0 saturated heterocycles. The lowest BCUT2D eigenvalue weighted by Gasteiger charge is -2.08. The van der Waals surface area contributed by atoms with E-state index in [9.17, 15) is 0 Å². The highest BCUT2D eigenvalue weighted by Gasteiger charge is 2.11. The number of nitrogens with one attached hydrogen (secondary N) is 1. The molecule has 2 aromatic rings. The van der Waals surface area contributed by atoms with Gasteiger partial charge in [-0.15, -0.1) is 11.3 Å². The molecule has 0 atom stereocenters. The van der Waals surface area contributed by atoms with Crippen molar-refractivity contribution in [2.75, 3.05) is 13.7 Å². The Bertz CT molecular complexity index is 518. The van der Waals surface area contributed by atoms with Crippen molar-refractivity contribution in [2.24, 2.45) is 5.92 Å². The van der Waals surface area contributed by atoms with Gasteiger partial charge in [0, 0.05) is 28.3 Å². The fraction of sp³-hybridized carbons (Fsp3) is 0.500. The van der Waals surface area contributed by atoms with Gasteiger partial charge in [0.05, 0.1) is 6.61 Å². The van der Waals surface area contributed by atoms with Gasteiger partial charge in [-0.25, -0.2) is 0 Å². The maximum Gasteiger partial charge on any atom is 0.0734 e. The van der Waals surface area contributed by atoms with Gasteiger partial charge in [0.15, 0.2) is 0 Å². The Hall–Kier alpha value is -0.900. The van der Waals surface area contributed by atoms with Gasteiger partial charge in [-0.05, 0) is 30.8 Å². The van der Waals surface area contributed by atoms with E-state index in [1.807, 2.05) is 18.4 Å². The van der Waals surface area contributed by atoms with Crippen LogP contribution in [0.15, 0.2) is 24.3 Å². The number of thiophene rings is 1. The van der Waals surface area contributed by atoms with Crippen molar-refractivity contribution in [3.63, 3.8) is 0 Å². The van der Waals surface area contributed by atoms with E-state index in [1.54, 1.807) is 0 Å². The molecule has 1 aromatic heterocycles. The Morgan fingerprint density at radius 2 is 2.05 bits per heavy atom. The van der Waals surface area contributed by atoms with Gasteiger partial charge in [-0.1, -0.05) is 32.0 Å². The quantitative estimate of drug-likeness (QED) is 0.766. The van der Waals surface area contributed by atoms with Crippen molar-refractivity contribution >= 4 is 21.4 Å². The highest BCUT2D eigenvalue weighted by atomic mass is 32.1. The summed E-state index contributed by atoms with van der Waals surface area (Å²) in [6.07, 6.45) is 1.13. The summed E-state index contributed by atoms with van der Waals surface area (Å²) in [4.78, 5) is 1.40. The van der Waals surface area contributed by atoms with Crippen LogP contribution in [0, 0.1) is 5.92 Å². The molecule has 0 unspecified atom stereocenters. The van der Waals surface area contributed by atoms with Gasteiger partial charge in [-0.3, -0.25) is 0 Å². The normalized spacial score (nSPS) is 11.6. The van der Waals surface area contributed by atoms with E-state index in [1.165, 1.54) is 20.5 Å². The first-order valence-corrected chi connectivity index (χ1v) is 7.75. The lowest BCUT2D eigenvalue weighted by molar-refractivity contribution is 0.111. The van der Waals surface area contributed by atoms with Gasteiger partial charge < -0.3 is 10.1 Å². The third-order valence-electron chi connectivity index (χ3n) is 3.21. The second-order valence-corrected chi connectivity index (χ2v) is 6.40. The minimum atomic E-state index is 0.705. The Morgan fingerprint density at radius 1 is 1.26 bits per heavy atom. The van der Waals surface area contributed by atoms with E-state index in [4.69, 9.17) is 4.74 Å². The number of rotatable bonds is 7. The van der Waals surface area contributed by atoms with Crippen LogP contribution in [0.4, 0.5) is 0 Å². The van der Waals surface area contributed by atoms with Crippen molar-refractivity contribution in [1.82, 2.24) is 5.32 Å². The van der Waals surface area contributed by atoms with Crippen molar-refractivity contribution in [3.8, 4) is 0 Å². The van der Waals surface area contributed by atoms with Crippen LogP contribution >= 0.6 is 11.3 Å². The first-order valence-electron chi connectivity index (χ1n) is 6.94. The molecule has 0 radical (unpaired) electrons. The molecule has 1 N–H and O–H groups in total. The average Bonchev–Trinajstić information content (AvgIpc) is 2.73. The second-order valence-electron chi connectivity index (χ2n) is 5.27. The maximum absolute atomic E-state index is 5.86. The molecule has 0 saturated carbocycles. The fourth-order valence-corrected chi connectivity index (χ4v) is 3.33. The van der Waals surface area contributed by atoms with E-state index >= 15 is 0 Å². The predicted octanol–water partition coefficient (Wildman–Crippen LogP) is 4.18. The van der Waals surface area contributed by atoms with Gasteiger partial charge in [0.1, 0.15) is 0 Å². The Labute approximate surface area is 119 Å². The zero-order valence-electron chi connectivity index (χ0n) is 12.0. The van der Waals surface area contributed by atoms with E-state index in [0.717, 1.165) is 26.2 Å². The molecule has 0 aliphatic carbocycles. The van der Waals surface area contributed by atoms with E-state index < -0.39 is 0 Å². The minimum Gasteiger partial charge on any atom is -0.377 e. The molecule has 3 heteroatoms. The van der Waals surface area contributed by atoms with Crippen LogP contribution in [-0.2, 0) is 17.9 Å². The zero-order valence-corrected chi connectivity index (χ0v) is 12.8. The average molecular weight is 277 g/mol. The summed E-state index contributed by atoms with van der Waals surface area (Å²) < 4.78 is 7.22. The summed E-state index contributed by atoms with van der Waals surface area (Å²) in [7, 11) is 1.99. The smallest absolute Gasteiger partial charge is 0.0734 e. The summed E-state index contributed by atoms with van der Waals surface area (Å²) in [5.41, 5.74) is 1.36. The standard InChI is InChI=1S/C16H23NOS/c1-12(2)8-9-18-11-14-13-6-4-5-7-15(13)19-16(14)10-17-3/h4-7,12,17H,8-11H2,1-3H3. The predicted molar refractivity (Wildman–Crippen MR) is 83.7 cm³/mol. The molecule has 2 nitrogen and oxygen atoms in total. The molecule has 0 spiro atoms. The molecule has 2 rings (SSSR count). The molecule has 19 heavy (non-hydrogen) atoms. The molecule has 1 heterocycles. The zero-order chi connectivity index (χ0) is 13.7. The highest BCUT2D eigenvalue weighted by molar-refractivity contribution is 7.19. The largest absolute Gasteiger partial charge is 0.377 e. The van der Waals surface area contributed by atoms with Gasteiger partial charge in [-0.2, -0.15) is 0 Å². The fourth-order valence-electron chi connectivity index (χ4n) is 2.10. The van der Waals surface area contributed by atoms with E-state index in [-0.39, 0.29) is 0 Å². The molecular weight excluding hydrogens is 254 g/mol. The highest BCUT2D eigenvalue weighted by Crippen LogP contribution is 2.31. The number of fused-ring (bicyclic) bond motifs is 1. The van der Waals surface area contributed by atoms with Crippen LogP contribution < -0.4 is 5.32 Å². The van der Waals surface area contributed by atoms with Crippen LogP contribution in [0.5, 0.6) is 0 Å². The van der Waals surface area contributed by atoms with E-state index in [0.29, 0.717) is 5.92 Å². The first-order chi connectivity index (χ1) is 9.22. The molecule has 0 aliphatic rings. The Balaban J connectivity index is 2.12. The topological polar surface area (TPSA) is 21.3 Å². The van der Waals surface area contributed by atoms with Crippen LogP contribution in [0.1, 0.15) is 30.7 Å². The molecule has 104 valence electrons. The summed E-state index contributed by atoms with van der Waals surface area (Å²) in [5, 5.41) is 4.60. The minimum absolute atomic E-state index is 0.705. The monoisotopic (exact) mass is 277 g/mol. The van der Waals surface area contributed by atoms with Crippen LogP contribution in [0.3, 0.4) is 0 Å². The van der Waals surface area contributed by atoms with Gasteiger partial charge in [0.25, 0.3) is 0 Å². The van der Waals surface area contributed by atoms with Crippen molar-refractivity contribution < 1.29 is 4.74 Å². The Kier molecular flexibility index (Phi) is 5.37. The number of benzene rings is 1. The SMILES string of the molecule is CNCc1sc2ccccc2c1COCCC(C)C. The van der Waals surface area contributed by atoms with Crippen molar-refractivity contribution in [2.45, 2.75) is 33.4 Å². The molecule has 0 bridgehead atoms. The van der Waals surface area contributed by atoms with Crippen molar-refractivity contribution in [3.05, 3.63) is 34.7 Å². The lowest BCUT2D eigenvalue weighted by atomic mass is 10.1. The molecule has 0 amide bonds. The van der Waals surface area contributed by atoms with Crippen LogP contribution in [0.25, 0.3) is 10.1 Å². The third-order valence-corrected chi connectivity index (χ3v) is 4.42. The Morgan fingerprint density at radius 3 is 2.79 bits per heavy atom. The van der Waals surface area contributed by atoms with Gasteiger partial charge >= 0.3 is 0 Å². The lowest BCUT2D eigenvalue weighted by Crippen LogP contribution is -2.06. The molecular formula is C16H23NOS. The third kappa shape index (κ3) is 3.78.